The lowest BCUT2D eigenvalue weighted by Gasteiger charge is -2.34. The van der Waals surface area contributed by atoms with Crippen LogP contribution in [0, 0.1) is 5.92 Å². The van der Waals surface area contributed by atoms with Gasteiger partial charge in [0.1, 0.15) is 5.76 Å². The number of carbonyl (C=O) groups is 1. The van der Waals surface area contributed by atoms with Crippen LogP contribution < -0.4 is 0 Å². The Hall–Kier alpha value is -0.790. The highest BCUT2D eigenvalue weighted by Gasteiger charge is 2.32. The number of ketones is 1. The second kappa shape index (κ2) is 3.76. The lowest BCUT2D eigenvalue weighted by molar-refractivity contribution is -0.118. The lowest BCUT2D eigenvalue weighted by Crippen LogP contribution is -2.29. The summed E-state index contributed by atoms with van der Waals surface area (Å²) in [5.41, 5.74) is 1.00. The predicted octanol–water partition coefficient (Wildman–Crippen LogP) is 2.83. The highest BCUT2D eigenvalue weighted by molar-refractivity contribution is 5.97. The van der Waals surface area contributed by atoms with Crippen LogP contribution in [0.25, 0.3) is 0 Å². The number of ether oxygens (including phenoxy) is 1. The minimum atomic E-state index is 0.327. The fourth-order valence-corrected chi connectivity index (χ4v) is 2.52. The molecule has 1 unspecified atom stereocenters. The van der Waals surface area contributed by atoms with E-state index in [1.165, 1.54) is 0 Å². The minimum Gasteiger partial charge on any atom is -0.494 e. The first-order valence-electron chi connectivity index (χ1n) is 5.65. The molecule has 78 valence electrons. The fourth-order valence-electron chi connectivity index (χ4n) is 2.52. The third-order valence-corrected chi connectivity index (χ3v) is 3.28. The molecule has 2 rings (SSSR count). The number of Topliss-reactive ketones (excluding diaryl/α,β-unsaturated/α-hetero) is 1. The number of allylic oxidation sites excluding steroid dienone is 2. The highest BCUT2D eigenvalue weighted by atomic mass is 16.5. The van der Waals surface area contributed by atoms with Gasteiger partial charge in [-0.05, 0) is 25.2 Å². The van der Waals surface area contributed by atoms with Crippen LogP contribution in [0.2, 0.25) is 0 Å². The third-order valence-electron chi connectivity index (χ3n) is 3.28. The molecule has 0 N–H and O–H groups in total. The molecule has 0 amide bonds. The molecule has 1 aliphatic carbocycles. The van der Waals surface area contributed by atoms with Gasteiger partial charge in [0.2, 0.25) is 0 Å². The molecule has 1 heterocycles. The van der Waals surface area contributed by atoms with Crippen LogP contribution in [0.15, 0.2) is 11.3 Å². The van der Waals surface area contributed by atoms with Crippen molar-refractivity contribution in [3.05, 3.63) is 11.3 Å². The van der Waals surface area contributed by atoms with Crippen LogP contribution in [0.5, 0.6) is 0 Å². The molecule has 0 spiro atoms. The number of rotatable bonds is 1. The average molecular weight is 194 g/mol. The van der Waals surface area contributed by atoms with Gasteiger partial charge in [-0.25, -0.2) is 0 Å². The van der Waals surface area contributed by atoms with Gasteiger partial charge in [-0.3, -0.25) is 4.79 Å². The topological polar surface area (TPSA) is 26.3 Å². The Morgan fingerprint density at radius 2 is 2.21 bits per heavy atom. The van der Waals surface area contributed by atoms with Gasteiger partial charge in [0.25, 0.3) is 0 Å². The molecule has 2 aliphatic rings. The Morgan fingerprint density at radius 3 is 2.93 bits per heavy atom. The molecule has 0 radical (unpaired) electrons. The molecule has 0 saturated carbocycles. The number of hydrogen-bond acceptors (Lipinski definition) is 2. The maximum Gasteiger partial charge on any atom is 0.162 e. The first kappa shape index (κ1) is 9.75. The Morgan fingerprint density at radius 1 is 1.43 bits per heavy atom. The zero-order chi connectivity index (χ0) is 10.1. The molecule has 0 fully saturated rings. The van der Waals surface area contributed by atoms with E-state index in [9.17, 15) is 4.79 Å². The van der Waals surface area contributed by atoms with E-state index in [2.05, 4.69) is 13.8 Å². The van der Waals surface area contributed by atoms with Crippen molar-refractivity contribution in [2.24, 2.45) is 5.92 Å². The summed E-state index contributed by atoms with van der Waals surface area (Å²) >= 11 is 0. The van der Waals surface area contributed by atoms with Crippen molar-refractivity contribution < 1.29 is 9.53 Å². The van der Waals surface area contributed by atoms with E-state index >= 15 is 0 Å². The Bertz CT molecular complexity index is 278. The summed E-state index contributed by atoms with van der Waals surface area (Å²) in [6, 6.07) is 0. The predicted molar refractivity (Wildman–Crippen MR) is 54.8 cm³/mol. The molecule has 0 aromatic heterocycles. The van der Waals surface area contributed by atoms with Crippen LogP contribution in [0.4, 0.5) is 0 Å². The second-order valence-electron chi connectivity index (χ2n) is 4.40. The van der Waals surface area contributed by atoms with Gasteiger partial charge in [-0.15, -0.1) is 0 Å². The van der Waals surface area contributed by atoms with Crippen molar-refractivity contribution in [3.8, 4) is 0 Å². The number of hydrogen-bond donors (Lipinski definition) is 0. The highest BCUT2D eigenvalue weighted by Crippen LogP contribution is 2.36. The van der Waals surface area contributed by atoms with Crippen molar-refractivity contribution in [3.63, 3.8) is 0 Å². The van der Waals surface area contributed by atoms with E-state index in [1.807, 2.05) is 0 Å². The fraction of sp³-hybridized carbons (Fsp3) is 0.750. The third kappa shape index (κ3) is 1.58. The van der Waals surface area contributed by atoms with E-state index in [0.29, 0.717) is 17.8 Å². The lowest BCUT2D eigenvalue weighted by atomic mass is 9.82. The molecule has 0 saturated heterocycles. The average Bonchev–Trinajstić information content (AvgIpc) is 2.17. The summed E-state index contributed by atoms with van der Waals surface area (Å²) in [6.45, 7) is 4.30. The monoisotopic (exact) mass is 194 g/mol. The standard InChI is InChI=1S/C12H18O2/c1-3-9-7-8(2)12-10(13)5-4-6-11(12)14-9/h8-9H,3-7H2,1-2H3/t8-,9?/m1/s1. The van der Waals surface area contributed by atoms with Gasteiger partial charge < -0.3 is 4.74 Å². The molecule has 0 aromatic rings. The maximum atomic E-state index is 11.7. The minimum absolute atomic E-state index is 0.327. The van der Waals surface area contributed by atoms with E-state index in [-0.39, 0.29) is 0 Å². The van der Waals surface area contributed by atoms with E-state index in [4.69, 9.17) is 4.74 Å². The molecule has 2 heteroatoms. The Balaban J connectivity index is 2.26. The summed E-state index contributed by atoms with van der Waals surface area (Å²) in [7, 11) is 0. The van der Waals surface area contributed by atoms with E-state index in [0.717, 1.165) is 43.4 Å². The smallest absolute Gasteiger partial charge is 0.162 e. The molecular formula is C12H18O2. The van der Waals surface area contributed by atoms with Gasteiger partial charge in [0.05, 0.1) is 6.10 Å². The molecular weight excluding hydrogens is 176 g/mol. The van der Waals surface area contributed by atoms with Gasteiger partial charge in [-0.1, -0.05) is 13.8 Å². The maximum absolute atomic E-state index is 11.7. The van der Waals surface area contributed by atoms with Crippen LogP contribution in [0.1, 0.15) is 46.0 Å². The van der Waals surface area contributed by atoms with Crippen LogP contribution in [0.3, 0.4) is 0 Å². The first-order chi connectivity index (χ1) is 6.72. The Kier molecular flexibility index (Phi) is 2.62. The Labute approximate surface area is 85.3 Å². The summed E-state index contributed by atoms with van der Waals surface area (Å²) in [5, 5.41) is 0. The van der Waals surface area contributed by atoms with Crippen molar-refractivity contribution in [1.29, 1.82) is 0 Å². The molecule has 1 aliphatic heterocycles. The van der Waals surface area contributed by atoms with Crippen molar-refractivity contribution in [2.75, 3.05) is 0 Å². The molecule has 2 atom stereocenters. The number of carbonyl (C=O) groups excluding carboxylic acids is 1. The largest absolute Gasteiger partial charge is 0.494 e. The van der Waals surface area contributed by atoms with Crippen LogP contribution in [-0.2, 0) is 9.53 Å². The van der Waals surface area contributed by atoms with Crippen molar-refractivity contribution in [2.45, 2.75) is 52.1 Å². The molecule has 0 aromatic carbocycles. The van der Waals surface area contributed by atoms with Crippen molar-refractivity contribution >= 4 is 5.78 Å². The van der Waals surface area contributed by atoms with Gasteiger partial charge in [-0.2, -0.15) is 0 Å². The summed E-state index contributed by atoms with van der Waals surface area (Å²) in [6.07, 6.45) is 5.08. The van der Waals surface area contributed by atoms with Gasteiger partial charge in [0.15, 0.2) is 5.78 Å². The van der Waals surface area contributed by atoms with E-state index < -0.39 is 0 Å². The van der Waals surface area contributed by atoms with Crippen molar-refractivity contribution in [1.82, 2.24) is 0 Å². The zero-order valence-corrected chi connectivity index (χ0v) is 9.01. The van der Waals surface area contributed by atoms with Gasteiger partial charge in [0, 0.05) is 18.4 Å². The van der Waals surface area contributed by atoms with Gasteiger partial charge >= 0.3 is 0 Å². The normalized spacial score (nSPS) is 32.6. The first-order valence-corrected chi connectivity index (χ1v) is 5.65. The van der Waals surface area contributed by atoms with Crippen LogP contribution in [-0.4, -0.2) is 11.9 Å². The SMILES string of the molecule is CCC1C[C@@H](C)C2=C(CCCC2=O)O1. The summed E-state index contributed by atoms with van der Waals surface area (Å²) in [4.78, 5) is 11.7. The summed E-state index contributed by atoms with van der Waals surface area (Å²) in [5.74, 6) is 1.75. The summed E-state index contributed by atoms with van der Waals surface area (Å²) < 4.78 is 5.84. The molecule has 0 bridgehead atoms. The quantitative estimate of drug-likeness (QED) is 0.641. The molecule has 2 nitrogen and oxygen atoms in total. The zero-order valence-electron chi connectivity index (χ0n) is 9.01. The second-order valence-corrected chi connectivity index (χ2v) is 4.40. The van der Waals surface area contributed by atoms with Crippen LogP contribution >= 0.6 is 0 Å². The molecule has 14 heavy (non-hydrogen) atoms. The van der Waals surface area contributed by atoms with E-state index in [1.54, 1.807) is 0 Å².